The Bertz CT molecular complexity index is 1000. The summed E-state index contributed by atoms with van der Waals surface area (Å²) in [7, 11) is -1.57. The maximum atomic E-state index is 12.3. The fraction of sp³-hybridized carbons (Fsp3) is 0.263. The normalized spacial score (nSPS) is 12.2. The average Bonchev–Trinajstić information content (AvgIpc) is 2.97. The third kappa shape index (κ3) is 3.62. The summed E-state index contributed by atoms with van der Waals surface area (Å²) >= 11 is 0. The van der Waals surface area contributed by atoms with Crippen molar-refractivity contribution in [2.75, 3.05) is 4.72 Å². The first kappa shape index (κ1) is 18.1. The van der Waals surface area contributed by atoms with E-state index in [4.69, 9.17) is 0 Å². The third-order valence-electron chi connectivity index (χ3n) is 4.04. The minimum Gasteiger partial charge on any atom is -0.283 e. The first-order chi connectivity index (χ1) is 12.2. The SMILES string of the molecule is Cn1cc(-c2ccc(NS(=O)(=O)C(C)(C)C)cc2)c(-c2ccncc2)n1. The van der Waals surface area contributed by atoms with Gasteiger partial charge in [-0.3, -0.25) is 14.4 Å². The summed E-state index contributed by atoms with van der Waals surface area (Å²) in [6.45, 7) is 5.00. The largest absolute Gasteiger partial charge is 0.283 e. The lowest BCUT2D eigenvalue weighted by Gasteiger charge is -2.20. The van der Waals surface area contributed by atoms with E-state index in [2.05, 4.69) is 14.8 Å². The van der Waals surface area contributed by atoms with Crippen molar-refractivity contribution in [2.24, 2.45) is 7.05 Å². The molecule has 0 saturated carbocycles. The zero-order valence-corrected chi connectivity index (χ0v) is 16.1. The van der Waals surface area contributed by atoms with Crippen LogP contribution in [0.3, 0.4) is 0 Å². The molecule has 26 heavy (non-hydrogen) atoms. The molecule has 2 aromatic heterocycles. The highest BCUT2D eigenvalue weighted by atomic mass is 32.2. The number of pyridine rings is 1. The molecule has 7 heteroatoms. The Morgan fingerprint density at radius 3 is 2.15 bits per heavy atom. The predicted octanol–water partition coefficient (Wildman–Crippen LogP) is 3.69. The summed E-state index contributed by atoms with van der Waals surface area (Å²) in [6, 6.07) is 11.1. The Morgan fingerprint density at radius 1 is 0.962 bits per heavy atom. The van der Waals surface area contributed by atoms with Crippen LogP contribution < -0.4 is 4.72 Å². The Hall–Kier alpha value is -2.67. The monoisotopic (exact) mass is 370 g/mol. The Kier molecular flexibility index (Phi) is 4.58. The number of hydrogen-bond acceptors (Lipinski definition) is 4. The maximum absolute atomic E-state index is 12.3. The fourth-order valence-electron chi connectivity index (χ4n) is 2.45. The molecule has 1 aromatic carbocycles. The van der Waals surface area contributed by atoms with Gasteiger partial charge in [-0.05, 0) is 50.6 Å². The van der Waals surface area contributed by atoms with Crippen molar-refractivity contribution in [3.8, 4) is 22.4 Å². The highest BCUT2D eigenvalue weighted by molar-refractivity contribution is 7.94. The molecular weight excluding hydrogens is 348 g/mol. The number of rotatable bonds is 4. The molecule has 0 radical (unpaired) electrons. The van der Waals surface area contributed by atoms with Gasteiger partial charge in [0.1, 0.15) is 5.69 Å². The second-order valence-corrected chi connectivity index (χ2v) is 9.53. The third-order valence-corrected chi connectivity index (χ3v) is 6.15. The molecule has 0 aliphatic heterocycles. The van der Waals surface area contributed by atoms with Gasteiger partial charge < -0.3 is 0 Å². The molecule has 0 saturated heterocycles. The number of aryl methyl sites for hydroxylation is 1. The average molecular weight is 370 g/mol. The number of nitrogens with zero attached hydrogens (tertiary/aromatic N) is 3. The van der Waals surface area contributed by atoms with E-state index in [0.29, 0.717) is 5.69 Å². The van der Waals surface area contributed by atoms with E-state index in [0.717, 1.165) is 22.4 Å². The van der Waals surface area contributed by atoms with E-state index in [-0.39, 0.29) is 0 Å². The Morgan fingerprint density at radius 2 is 1.58 bits per heavy atom. The van der Waals surface area contributed by atoms with Gasteiger partial charge in [0.15, 0.2) is 0 Å². The Balaban J connectivity index is 1.93. The van der Waals surface area contributed by atoms with Gasteiger partial charge >= 0.3 is 0 Å². The van der Waals surface area contributed by atoms with Gasteiger partial charge in [-0.25, -0.2) is 8.42 Å². The van der Waals surface area contributed by atoms with Crippen molar-refractivity contribution < 1.29 is 8.42 Å². The highest BCUT2D eigenvalue weighted by Crippen LogP contribution is 2.31. The molecule has 136 valence electrons. The molecule has 0 atom stereocenters. The molecule has 0 unspecified atom stereocenters. The summed E-state index contributed by atoms with van der Waals surface area (Å²) in [6.07, 6.45) is 5.42. The van der Waals surface area contributed by atoms with Crippen LogP contribution in [0, 0.1) is 0 Å². The van der Waals surface area contributed by atoms with Crippen LogP contribution in [0.5, 0.6) is 0 Å². The minimum absolute atomic E-state index is 0.540. The van der Waals surface area contributed by atoms with Crippen LogP contribution in [0.15, 0.2) is 55.0 Å². The van der Waals surface area contributed by atoms with Crippen LogP contribution in [-0.4, -0.2) is 27.9 Å². The molecule has 1 N–H and O–H groups in total. The second-order valence-electron chi connectivity index (χ2n) is 7.10. The van der Waals surface area contributed by atoms with Crippen molar-refractivity contribution in [3.05, 3.63) is 55.0 Å². The first-order valence-electron chi connectivity index (χ1n) is 8.24. The van der Waals surface area contributed by atoms with E-state index in [1.165, 1.54) is 0 Å². The minimum atomic E-state index is -3.45. The molecule has 3 rings (SSSR count). The summed E-state index contributed by atoms with van der Waals surface area (Å²) in [5, 5.41) is 4.55. The molecule has 0 aliphatic rings. The van der Waals surface area contributed by atoms with E-state index in [1.54, 1.807) is 50.0 Å². The number of benzene rings is 1. The first-order valence-corrected chi connectivity index (χ1v) is 9.72. The van der Waals surface area contributed by atoms with E-state index >= 15 is 0 Å². The molecule has 3 aromatic rings. The number of hydrogen-bond donors (Lipinski definition) is 1. The number of nitrogens with one attached hydrogen (secondary N) is 1. The van der Waals surface area contributed by atoms with Crippen LogP contribution >= 0.6 is 0 Å². The lowest BCUT2D eigenvalue weighted by atomic mass is 10.0. The summed E-state index contributed by atoms with van der Waals surface area (Å²) < 4.78 is 28.1. The van der Waals surface area contributed by atoms with Crippen molar-refractivity contribution in [1.82, 2.24) is 14.8 Å². The zero-order chi connectivity index (χ0) is 18.9. The molecular formula is C19H22N4O2S. The van der Waals surface area contributed by atoms with Gasteiger partial charge in [0.05, 0.1) is 4.75 Å². The van der Waals surface area contributed by atoms with Crippen LogP contribution in [-0.2, 0) is 17.1 Å². The second kappa shape index (κ2) is 6.57. The summed E-state index contributed by atoms with van der Waals surface area (Å²) in [5.74, 6) is 0. The molecule has 0 spiro atoms. The highest BCUT2D eigenvalue weighted by Gasteiger charge is 2.28. The van der Waals surface area contributed by atoms with Gasteiger partial charge in [-0.2, -0.15) is 5.10 Å². The van der Waals surface area contributed by atoms with Crippen molar-refractivity contribution in [2.45, 2.75) is 25.5 Å². The fourth-order valence-corrected chi connectivity index (χ4v) is 3.20. The number of anilines is 1. The van der Waals surface area contributed by atoms with Crippen molar-refractivity contribution in [3.63, 3.8) is 0 Å². The topological polar surface area (TPSA) is 76.9 Å². The quantitative estimate of drug-likeness (QED) is 0.760. The molecule has 0 bridgehead atoms. The van der Waals surface area contributed by atoms with Crippen LogP contribution in [0.2, 0.25) is 0 Å². The lowest BCUT2D eigenvalue weighted by Crippen LogP contribution is -2.33. The van der Waals surface area contributed by atoms with E-state index in [9.17, 15) is 8.42 Å². The van der Waals surface area contributed by atoms with Gasteiger partial charge in [-0.1, -0.05) is 12.1 Å². The molecule has 0 fully saturated rings. The zero-order valence-electron chi connectivity index (χ0n) is 15.3. The molecule has 0 amide bonds. The molecule has 2 heterocycles. The van der Waals surface area contributed by atoms with Gasteiger partial charge in [0.2, 0.25) is 10.0 Å². The van der Waals surface area contributed by atoms with Crippen molar-refractivity contribution >= 4 is 15.7 Å². The predicted molar refractivity (Wildman–Crippen MR) is 104 cm³/mol. The number of sulfonamides is 1. The lowest BCUT2D eigenvalue weighted by molar-refractivity contribution is 0.566. The van der Waals surface area contributed by atoms with Crippen LogP contribution in [0.25, 0.3) is 22.4 Å². The van der Waals surface area contributed by atoms with Gasteiger partial charge in [0.25, 0.3) is 0 Å². The standard InChI is InChI=1S/C19H22N4O2S/c1-19(2,3)26(24,25)22-16-7-5-14(6-8-16)17-13-23(4)21-18(17)15-9-11-20-12-10-15/h5-13,22H,1-4H3. The number of aromatic nitrogens is 3. The molecule has 6 nitrogen and oxygen atoms in total. The smallest absolute Gasteiger partial charge is 0.237 e. The summed E-state index contributed by atoms with van der Waals surface area (Å²) in [4.78, 5) is 4.05. The van der Waals surface area contributed by atoms with Crippen LogP contribution in [0.4, 0.5) is 5.69 Å². The maximum Gasteiger partial charge on any atom is 0.237 e. The van der Waals surface area contributed by atoms with E-state index < -0.39 is 14.8 Å². The Labute approximate surface area is 154 Å². The van der Waals surface area contributed by atoms with Crippen LogP contribution in [0.1, 0.15) is 20.8 Å². The summed E-state index contributed by atoms with van der Waals surface area (Å²) in [5.41, 5.74) is 4.32. The van der Waals surface area contributed by atoms with E-state index in [1.807, 2.05) is 37.5 Å². The molecule has 0 aliphatic carbocycles. The van der Waals surface area contributed by atoms with Crippen molar-refractivity contribution in [1.29, 1.82) is 0 Å². The van der Waals surface area contributed by atoms with Gasteiger partial charge in [-0.15, -0.1) is 0 Å². The van der Waals surface area contributed by atoms with Gasteiger partial charge in [0, 0.05) is 42.5 Å².